The van der Waals surface area contributed by atoms with Gasteiger partial charge in [0.2, 0.25) is 0 Å². The van der Waals surface area contributed by atoms with Crippen LogP contribution in [0.5, 0.6) is 0 Å². The van der Waals surface area contributed by atoms with Crippen molar-refractivity contribution < 1.29 is 8.95 Å². The summed E-state index contributed by atoms with van der Waals surface area (Å²) in [5, 5.41) is 0. The van der Waals surface area contributed by atoms with Crippen LogP contribution in [0.25, 0.3) is 10.2 Å². The van der Waals surface area contributed by atoms with Gasteiger partial charge in [0.1, 0.15) is 0 Å². The van der Waals surface area contributed by atoms with Gasteiger partial charge in [-0.2, -0.15) is 0 Å². The predicted molar refractivity (Wildman–Crippen MR) is 76.4 cm³/mol. The fourth-order valence-corrected chi connectivity index (χ4v) is 4.06. The molecule has 0 bridgehead atoms. The largest absolute Gasteiger partial charge is 0.399 e. The summed E-state index contributed by atoms with van der Waals surface area (Å²) < 4.78 is 18.7. The Morgan fingerprint density at radius 1 is 1.44 bits per heavy atom. The Labute approximate surface area is 113 Å². The highest BCUT2D eigenvalue weighted by Gasteiger charge is 2.10. The minimum absolute atomic E-state index is 0.638. The number of nitrogens with zero attached hydrogens (tertiary/aromatic N) is 1. The lowest BCUT2D eigenvalue weighted by molar-refractivity contribution is 0.194. The van der Waals surface area contributed by atoms with Gasteiger partial charge < -0.3 is 10.5 Å². The molecule has 0 fully saturated rings. The summed E-state index contributed by atoms with van der Waals surface area (Å²) in [6.45, 7) is 0.716. The van der Waals surface area contributed by atoms with Crippen LogP contribution in [0.15, 0.2) is 22.5 Å². The summed E-state index contributed by atoms with van der Waals surface area (Å²) in [5.74, 6) is 0.638. The van der Waals surface area contributed by atoms with Crippen molar-refractivity contribution in [3.05, 3.63) is 18.2 Å². The Hall–Kier alpha value is -0.980. The van der Waals surface area contributed by atoms with Crippen LogP contribution in [0.3, 0.4) is 0 Å². The van der Waals surface area contributed by atoms with E-state index in [0.29, 0.717) is 22.4 Å². The fourth-order valence-electron chi connectivity index (χ4n) is 1.58. The maximum Gasteiger partial charge on any atom is 0.181 e. The molecule has 0 aliphatic rings. The van der Waals surface area contributed by atoms with Gasteiger partial charge in [0.05, 0.1) is 21.0 Å². The first-order valence-electron chi connectivity index (χ1n) is 5.74. The Morgan fingerprint density at radius 2 is 2.28 bits per heavy atom. The lowest BCUT2D eigenvalue weighted by Crippen LogP contribution is -1.99. The van der Waals surface area contributed by atoms with Crippen molar-refractivity contribution in [3.63, 3.8) is 0 Å². The van der Waals surface area contributed by atoms with E-state index in [1.807, 2.05) is 18.2 Å². The van der Waals surface area contributed by atoms with Gasteiger partial charge in [0.25, 0.3) is 0 Å². The molecule has 0 saturated carbocycles. The van der Waals surface area contributed by atoms with Crippen molar-refractivity contribution >= 4 is 38.0 Å². The fraction of sp³-hybridized carbons (Fsp3) is 0.417. The van der Waals surface area contributed by atoms with Crippen LogP contribution in [0.1, 0.15) is 12.8 Å². The Balaban J connectivity index is 2.04. The maximum absolute atomic E-state index is 12.0. The third-order valence-corrected chi connectivity index (χ3v) is 5.28. The molecule has 0 amide bonds. The molecular formula is C12H16N2O2S2. The lowest BCUT2D eigenvalue weighted by atomic mass is 10.3. The van der Waals surface area contributed by atoms with Gasteiger partial charge in [-0.25, -0.2) is 4.98 Å². The SMILES string of the molecule is COCCCCS(=O)c1nc2ccc(N)cc2s1. The molecule has 1 atom stereocenters. The molecule has 4 nitrogen and oxygen atoms in total. The summed E-state index contributed by atoms with van der Waals surface area (Å²) in [6.07, 6.45) is 1.82. The molecule has 0 radical (unpaired) electrons. The van der Waals surface area contributed by atoms with Crippen molar-refractivity contribution in [2.24, 2.45) is 0 Å². The number of unbranched alkanes of at least 4 members (excludes halogenated alkanes) is 1. The smallest absolute Gasteiger partial charge is 0.181 e. The van der Waals surface area contributed by atoms with Crippen LogP contribution in [-0.4, -0.2) is 28.7 Å². The summed E-state index contributed by atoms with van der Waals surface area (Å²) in [5.41, 5.74) is 7.29. The molecule has 0 saturated heterocycles. The van der Waals surface area contributed by atoms with Crippen LogP contribution in [0.4, 0.5) is 5.69 Å². The molecule has 1 unspecified atom stereocenters. The van der Waals surface area contributed by atoms with Crippen LogP contribution in [0, 0.1) is 0 Å². The zero-order chi connectivity index (χ0) is 13.0. The molecule has 18 heavy (non-hydrogen) atoms. The number of rotatable bonds is 6. The average Bonchev–Trinajstić information content (AvgIpc) is 2.77. The van der Waals surface area contributed by atoms with E-state index in [0.717, 1.165) is 23.1 Å². The number of thiazole rings is 1. The van der Waals surface area contributed by atoms with Crippen molar-refractivity contribution in [2.45, 2.75) is 17.2 Å². The highest BCUT2D eigenvalue weighted by molar-refractivity contribution is 7.87. The molecule has 6 heteroatoms. The van der Waals surface area contributed by atoms with Crippen LogP contribution < -0.4 is 5.73 Å². The van der Waals surface area contributed by atoms with Gasteiger partial charge in [-0.3, -0.25) is 4.21 Å². The summed E-state index contributed by atoms with van der Waals surface area (Å²) in [4.78, 5) is 4.38. The number of fused-ring (bicyclic) bond motifs is 1. The average molecular weight is 284 g/mol. The molecule has 1 heterocycles. The normalized spacial score (nSPS) is 12.9. The Kier molecular flexibility index (Phi) is 4.68. The number of nitrogen functional groups attached to an aromatic ring is 1. The van der Waals surface area contributed by atoms with Gasteiger partial charge in [0, 0.05) is 25.2 Å². The lowest BCUT2D eigenvalue weighted by Gasteiger charge is -1.98. The Bertz CT molecular complexity index is 554. The van der Waals surface area contributed by atoms with Crippen LogP contribution in [0.2, 0.25) is 0 Å². The molecule has 0 spiro atoms. The zero-order valence-corrected chi connectivity index (χ0v) is 11.9. The van der Waals surface area contributed by atoms with E-state index in [2.05, 4.69) is 4.98 Å². The number of benzene rings is 1. The summed E-state index contributed by atoms with van der Waals surface area (Å²) >= 11 is 1.46. The molecule has 98 valence electrons. The van der Waals surface area contributed by atoms with E-state index < -0.39 is 10.8 Å². The number of methoxy groups -OCH3 is 1. The second kappa shape index (κ2) is 6.26. The van der Waals surface area contributed by atoms with Crippen LogP contribution >= 0.6 is 11.3 Å². The minimum Gasteiger partial charge on any atom is -0.399 e. The quantitative estimate of drug-likeness (QED) is 0.653. The molecule has 2 aromatic rings. The van der Waals surface area contributed by atoms with E-state index in [1.165, 1.54) is 11.3 Å². The summed E-state index contributed by atoms with van der Waals surface area (Å²) in [7, 11) is 0.660. The predicted octanol–water partition coefficient (Wildman–Crippen LogP) is 2.41. The number of hydrogen-bond acceptors (Lipinski definition) is 5. The van der Waals surface area contributed by atoms with E-state index in [-0.39, 0.29) is 0 Å². The van der Waals surface area contributed by atoms with Gasteiger partial charge in [-0.05, 0) is 31.0 Å². The number of aromatic nitrogens is 1. The molecule has 1 aromatic heterocycles. The second-order valence-corrected chi connectivity index (χ2v) is 6.73. The molecule has 2 rings (SSSR count). The van der Waals surface area contributed by atoms with Gasteiger partial charge in [0.15, 0.2) is 4.34 Å². The molecule has 0 aliphatic carbocycles. The number of nitrogens with two attached hydrogens (primary N) is 1. The number of anilines is 1. The standard InChI is InChI=1S/C12H16N2O2S2/c1-16-6-2-3-7-18(15)12-14-10-5-4-9(13)8-11(10)17-12/h4-5,8H,2-3,6-7,13H2,1H3. The van der Waals surface area contributed by atoms with Crippen molar-refractivity contribution in [1.29, 1.82) is 0 Å². The van der Waals surface area contributed by atoms with Crippen molar-refractivity contribution in [1.82, 2.24) is 4.98 Å². The molecular weight excluding hydrogens is 268 g/mol. The summed E-state index contributed by atoms with van der Waals surface area (Å²) in [6, 6.07) is 5.55. The minimum atomic E-state index is -1.02. The zero-order valence-electron chi connectivity index (χ0n) is 10.2. The second-order valence-electron chi connectivity index (χ2n) is 3.96. The topological polar surface area (TPSA) is 65.2 Å². The van der Waals surface area contributed by atoms with Gasteiger partial charge >= 0.3 is 0 Å². The van der Waals surface area contributed by atoms with Gasteiger partial charge in [-0.1, -0.05) is 0 Å². The molecule has 0 aliphatic heterocycles. The first kappa shape index (κ1) is 13.5. The highest BCUT2D eigenvalue weighted by atomic mass is 32.2. The molecule has 1 aromatic carbocycles. The monoisotopic (exact) mass is 284 g/mol. The number of ether oxygens (including phenoxy) is 1. The highest BCUT2D eigenvalue weighted by Crippen LogP contribution is 2.26. The first-order chi connectivity index (χ1) is 8.70. The van der Waals surface area contributed by atoms with Crippen LogP contribution in [-0.2, 0) is 15.5 Å². The van der Waals surface area contributed by atoms with Crippen molar-refractivity contribution in [2.75, 3.05) is 25.2 Å². The first-order valence-corrected chi connectivity index (χ1v) is 7.87. The van der Waals surface area contributed by atoms with Gasteiger partial charge in [-0.15, -0.1) is 11.3 Å². The van der Waals surface area contributed by atoms with E-state index in [1.54, 1.807) is 7.11 Å². The molecule has 2 N–H and O–H groups in total. The Morgan fingerprint density at radius 3 is 3.06 bits per heavy atom. The van der Waals surface area contributed by atoms with E-state index in [9.17, 15) is 4.21 Å². The third kappa shape index (κ3) is 3.28. The van der Waals surface area contributed by atoms with Crippen molar-refractivity contribution in [3.8, 4) is 0 Å². The maximum atomic E-state index is 12.0. The number of hydrogen-bond donors (Lipinski definition) is 1. The third-order valence-electron chi connectivity index (χ3n) is 2.52. The van der Waals surface area contributed by atoms with E-state index >= 15 is 0 Å². The van der Waals surface area contributed by atoms with E-state index in [4.69, 9.17) is 10.5 Å².